The molecule has 0 radical (unpaired) electrons. The van der Waals surface area contributed by atoms with Gasteiger partial charge >= 0.3 is 0 Å². The van der Waals surface area contributed by atoms with Gasteiger partial charge in [-0.1, -0.05) is 13.0 Å². The van der Waals surface area contributed by atoms with Gasteiger partial charge in [0.25, 0.3) is 0 Å². The van der Waals surface area contributed by atoms with Crippen LogP contribution in [0.5, 0.6) is 5.75 Å². The van der Waals surface area contributed by atoms with Crippen molar-refractivity contribution in [2.24, 2.45) is 11.7 Å². The number of hydrogen-bond donors (Lipinski definition) is 1. The van der Waals surface area contributed by atoms with Crippen LogP contribution in [-0.4, -0.2) is 7.11 Å². The number of hydrogen-bond acceptors (Lipinski definition) is 2. The van der Waals surface area contributed by atoms with E-state index in [0.717, 1.165) is 12.2 Å². The van der Waals surface area contributed by atoms with E-state index in [1.54, 1.807) is 7.11 Å². The second kappa shape index (κ2) is 3.04. The Morgan fingerprint density at radius 1 is 1.46 bits per heavy atom. The van der Waals surface area contributed by atoms with E-state index in [4.69, 9.17) is 10.5 Å². The van der Waals surface area contributed by atoms with Crippen LogP contribution in [0.15, 0.2) is 18.2 Å². The van der Waals surface area contributed by atoms with Gasteiger partial charge in [0.15, 0.2) is 0 Å². The van der Waals surface area contributed by atoms with Crippen molar-refractivity contribution in [3.05, 3.63) is 29.3 Å². The molecule has 1 aromatic carbocycles. The standard InChI is InChI=1S/C11H15NO/c1-7-5-8-6-9(13-2)3-4-10(8)11(7)12/h3-4,6-7,11H,5,12H2,1-2H3. The predicted molar refractivity (Wildman–Crippen MR) is 52.8 cm³/mol. The summed E-state index contributed by atoms with van der Waals surface area (Å²) >= 11 is 0. The molecule has 0 aromatic heterocycles. The van der Waals surface area contributed by atoms with Gasteiger partial charge in [-0.2, -0.15) is 0 Å². The van der Waals surface area contributed by atoms with Crippen molar-refractivity contribution >= 4 is 0 Å². The minimum Gasteiger partial charge on any atom is -0.497 e. The van der Waals surface area contributed by atoms with Crippen molar-refractivity contribution in [1.29, 1.82) is 0 Å². The second-order valence-electron chi connectivity index (χ2n) is 3.77. The van der Waals surface area contributed by atoms with Gasteiger partial charge in [0.2, 0.25) is 0 Å². The second-order valence-corrected chi connectivity index (χ2v) is 3.77. The van der Waals surface area contributed by atoms with E-state index in [-0.39, 0.29) is 6.04 Å². The van der Waals surface area contributed by atoms with Gasteiger partial charge in [-0.3, -0.25) is 0 Å². The van der Waals surface area contributed by atoms with Gasteiger partial charge in [0, 0.05) is 6.04 Å². The molecule has 1 aliphatic rings. The zero-order chi connectivity index (χ0) is 9.42. The van der Waals surface area contributed by atoms with E-state index in [1.807, 2.05) is 6.07 Å². The summed E-state index contributed by atoms with van der Waals surface area (Å²) in [6.45, 7) is 2.19. The highest BCUT2D eigenvalue weighted by Gasteiger charge is 2.26. The maximum absolute atomic E-state index is 6.04. The largest absolute Gasteiger partial charge is 0.497 e. The minimum absolute atomic E-state index is 0.209. The molecule has 2 heteroatoms. The molecule has 13 heavy (non-hydrogen) atoms. The fourth-order valence-corrected chi connectivity index (χ4v) is 1.99. The first-order valence-electron chi connectivity index (χ1n) is 4.64. The van der Waals surface area contributed by atoms with Crippen LogP contribution in [0, 0.1) is 5.92 Å². The molecule has 2 N–H and O–H groups in total. The van der Waals surface area contributed by atoms with Gasteiger partial charge in [0.05, 0.1) is 7.11 Å². The summed E-state index contributed by atoms with van der Waals surface area (Å²) in [6.07, 6.45) is 1.08. The molecule has 0 amide bonds. The molecule has 0 aliphatic heterocycles. The number of rotatable bonds is 1. The van der Waals surface area contributed by atoms with E-state index in [1.165, 1.54) is 11.1 Å². The van der Waals surface area contributed by atoms with E-state index in [9.17, 15) is 0 Å². The quantitative estimate of drug-likeness (QED) is 0.711. The predicted octanol–water partition coefficient (Wildman–Crippen LogP) is 1.89. The Morgan fingerprint density at radius 2 is 2.23 bits per heavy atom. The molecule has 2 nitrogen and oxygen atoms in total. The van der Waals surface area contributed by atoms with Crippen LogP contribution in [0.2, 0.25) is 0 Å². The molecule has 2 atom stereocenters. The van der Waals surface area contributed by atoms with Crippen LogP contribution in [0.1, 0.15) is 24.1 Å². The SMILES string of the molecule is COc1ccc2c(c1)CC(C)C2N. The summed E-state index contributed by atoms with van der Waals surface area (Å²) in [5, 5.41) is 0. The van der Waals surface area contributed by atoms with Crippen molar-refractivity contribution in [2.75, 3.05) is 7.11 Å². The summed E-state index contributed by atoms with van der Waals surface area (Å²) in [4.78, 5) is 0. The van der Waals surface area contributed by atoms with Crippen molar-refractivity contribution in [3.63, 3.8) is 0 Å². The Hall–Kier alpha value is -1.02. The first-order chi connectivity index (χ1) is 6.22. The maximum Gasteiger partial charge on any atom is 0.119 e. The van der Waals surface area contributed by atoms with Crippen LogP contribution in [0.25, 0.3) is 0 Å². The molecule has 1 aromatic rings. The normalized spacial score (nSPS) is 25.8. The lowest BCUT2D eigenvalue weighted by Gasteiger charge is -2.09. The molecule has 0 fully saturated rings. The highest BCUT2D eigenvalue weighted by atomic mass is 16.5. The van der Waals surface area contributed by atoms with Crippen molar-refractivity contribution < 1.29 is 4.74 Å². The van der Waals surface area contributed by atoms with Crippen LogP contribution in [0.3, 0.4) is 0 Å². The monoisotopic (exact) mass is 177 g/mol. The third kappa shape index (κ3) is 1.31. The first kappa shape index (κ1) is 8.57. The third-order valence-corrected chi connectivity index (χ3v) is 2.86. The van der Waals surface area contributed by atoms with Crippen LogP contribution >= 0.6 is 0 Å². The lowest BCUT2D eigenvalue weighted by atomic mass is 10.0. The Kier molecular flexibility index (Phi) is 2.00. The first-order valence-corrected chi connectivity index (χ1v) is 4.64. The molecule has 0 heterocycles. The van der Waals surface area contributed by atoms with Gasteiger partial charge in [-0.15, -0.1) is 0 Å². The van der Waals surface area contributed by atoms with Crippen molar-refractivity contribution in [3.8, 4) is 5.75 Å². The molecular weight excluding hydrogens is 162 g/mol. The minimum atomic E-state index is 0.209. The lowest BCUT2D eigenvalue weighted by molar-refractivity contribution is 0.414. The number of methoxy groups -OCH3 is 1. The maximum atomic E-state index is 6.04. The third-order valence-electron chi connectivity index (χ3n) is 2.86. The van der Waals surface area contributed by atoms with E-state index >= 15 is 0 Å². The Bertz CT molecular complexity index is 322. The van der Waals surface area contributed by atoms with Gasteiger partial charge in [0.1, 0.15) is 5.75 Å². The number of benzene rings is 1. The molecule has 2 unspecified atom stereocenters. The summed E-state index contributed by atoms with van der Waals surface area (Å²) in [5.41, 5.74) is 8.67. The molecule has 1 aliphatic carbocycles. The van der Waals surface area contributed by atoms with E-state index < -0.39 is 0 Å². The number of nitrogens with two attached hydrogens (primary N) is 1. The summed E-state index contributed by atoms with van der Waals surface area (Å²) in [7, 11) is 1.69. The summed E-state index contributed by atoms with van der Waals surface area (Å²) in [5.74, 6) is 1.49. The Morgan fingerprint density at radius 3 is 2.92 bits per heavy atom. The van der Waals surface area contributed by atoms with Gasteiger partial charge in [-0.05, 0) is 35.6 Å². The zero-order valence-corrected chi connectivity index (χ0v) is 8.08. The molecule has 70 valence electrons. The molecular formula is C11H15NO. The Labute approximate surface area is 78.7 Å². The van der Waals surface area contributed by atoms with Gasteiger partial charge in [-0.25, -0.2) is 0 Å². The smallest absolute Gasteiger partial charge is 0.119 e. The molecule has 0 saturated heterocycles. The number of ether oxygens (including phenoxy) is 1. The molecule has 2 rings (SSSR count). The molecule has 0 spiro atoms. The Balaban J connectivity index is 2.40. The fourth-order valence-electron chi connectivity index (χ4n) is 1.99. The van der Waals surface area contributed by atoms with Crippen molar-refractivity contribution in [1.82, 2.24) is 0 Å². The fraction of sp³-hybridized carbons (Fsp3) is 0.455. The highest BCUT2D eigenvalue weighted by Crippen LogP contribution is 2.35. The summed E-state index contributed by atoms with van der Waals surface area (Å²) in [6, 6.07) is 6.37. The molecule has 0 saturated carbocycles. The van der Waals surface area contributed by atoms with E-state index in [2.05, 4.69) is 19.1 Å². The van der Waals surface area contributed by atoms with Crippen LogP contribution < -0.4 is 10.5 Å². The zero-order valence-electron chi connectivity index (χ0n) is 8.08. The van der Waals surface area contributed by atoms with E-state index in [0.29, 0.717) is 5.92 Å². The van der Waals surface area contributed by atoms with Crippen LogP contribution in [-0.2, 0) is 6.42 Å². The van der Waals surface area contributed by atoms with Crippen molar-refractivity contribution in [2.45, 2.75) is 19.4 Å². The summed E-state index contributed by atoms with van der Waals surface area (Å²) < 4.78 is 5.17. The average molecular weight is 177 g/mol. The number of fused-ring (bicyclic) bond motifs is 1. The lowest BCUT2D eigenvalue weighted by Crippen LogP contribution is -2.13. The van der Waals surface area contributed by atoms with Gasteiger partial charge < -0.3 is 10.5 Å². The molecule has 0 bridgehead atoms. The highest BCUT2D eigenvalue weighted by molar-refractivity contribution is 5.41. The topological polar surface area (TPSA) is 35.2 Å². The van der Waals surface area contributed by atoms with Crippen LogP contribution in [0.4, 0.5) is 0 Å². The average Bonchev–Trinajstić information content (AvgIpc) is 2.42.